The van der Waals surface area contributed by atoms with E-state index >= 15 is 0 Å². The Balaban J connectivity index is 1.96. The van der Waals surface area contributed by atoms with Gasteiger partial charge in [0.05, 0.1) is 29.0 Å². The number of ether oxygens (including phenoxy) is 2. The van der Waals surface area contributed by atoms with Gasteiger partial charge in [0.25, 0.3) is 0 Å². The minimum absolute atomic E-state index is 0.0341. The molecule has 2 aliphatic rings. The van der Waals surface area contributed by atoms with Crippen LogP contribution in [-0.4, -0.2) is 30.1 Å². The molecule has 0 unspecified atom stereocenters. The lowest BCUT2D eigenvalue weighted by molar-refractivity contribution is -0.138. The normalized spacial score (nSPS) is 17.3. The predicted octanol–water partition coefficient (Wildman–Crippen LogP) is 4.68. The number of esters is 1. The number of carbonyl (C=O) groups excluding carboxylic acids is 2. The maximum Gasteiger partial charge on any atom is 0.336 e. The van der Waals surface area contributed by atoms with Crippen molar-refractivity contribution in [3.05, 3.63) is 74.4 Å². The molecule has 1 heterocycles. The first-order chi connectivity index (χ1) is 14.9. The number of phenolic OH excluding ortho intramolecular Hbond substituents is 1. The van der Waals surface area contributed by atoms with Gasteiger partial charge in [-0.05, 0) is 54.4 Å². The van der Waals surface area contributed by atoms with Crippen LogP contribution in [0.1, 0.15) is 48.2 Å². The number of carbonyl (C=O) groups is 2. The molecule has 0 saturated carbocycles. The number of Topliss-reactive ketones (excluding diaryl/α,β-unsaturated/α-hetero) is 1. The largest absolute Gasteiger partial charge is 0.503 e. The van der Waals surface area contributed by atoms with Crippen molar-refractivity contribution in [2.24, 2.45) is 0 Å². The summed E-state index contributed by atoms with van der Waals surface area (Å²) in [5.74, 6) is -1.06. The highest BCUT2D eigenvalue weighted by Gasteiger charge is 2.43. The lowest BCUT2D eigenvalue weighted by Crippen LogP contribution is -2.29. The van der Waals surface area contributed by atoms with Gasteiger partial charge in [0.15, 0.2) is 17.3 Å². The minimum Gasteiger partial charge on any atom is -0.503 e. The summed E-state index contributed by atoms with van der Waals surface area (Å²) in [5.41, 5.74) is 4.19. The molecular formula is C24H22BrNO5. The molecule has 1 aliphatic heterocycles. The second-order valence-corrected chi connectivity index (χ2v) is 8.12. The quantitative estimate of drug-likeness (QED) is 0.600. The number of rotatable bonds is 5. The summed E-state index contributed by atoms with van der Waals surface area (Å²) in [5, 5.41) is 13.6. The van der Waals surface area contributed by atoms with Crippen LogP contribution < -0.4 is 10.1 Å². The molecule has 0 aromatic heterocycles. The third-order valence-corrected chi connectivity index (χ3v) is 6.03. The highest BCUT2D eigenvalue weighted by molar-refractivity contribution is 9.10. The summed E-state index contributed by atoms with van der Waals surface area (Å²) in [6, 6.07) is 10.8. The first-order valence-corrected chi connectivity index (χ1v) is 10.9. The standard InChI is InChI=1S/C24H22BrNO5/c1-4-30-17-11-13(10-16(25)23(17)28)19-18(24(29)31-5-2)12(3)26-21-14-8-6-7-9-15(14)22(27)20(19)21/h6-11,19,26,28H,4-5H2,1-3H3/t19-/m0/s1. The van der Waals surface area contributed by atoms with Gasteiger partial charge in [-0.2, -0.15) is 0 Å². The van der Waals surface area contributed by atoms with E-state index in [1.54, 1.807) is 32.0 Å². The molecule has 0 fully saturated rings. The van der Waals surface area contributed by atoms with Crippen molar-refractivity contribution in [1.29, 1.82) is 0 Å². The minimum atomic E-state index is -0.675. The number of fused-ring (bicyclic) bond motifs is 2. The van der Waals surface area contributed by atoms with Crippen molar-refractivity contribution in [2.45, 2.75) is 26.7 Å². The highest BCUT2D eigenvalue weighted by Crippen LogP contribution is 2.49. The van der Waals surface area contributed by atoms with E-state index in [1.807, 2.05) is 25.1 Å². The number of nitrogens with one attached hydrogen (secondary N) is 1. The monoisotopic (exact) mass is 483 g/mol. The molecule has 160 valence electrons. The molecule has 0 amide bonds. The molecule has 7 heteroatoms. The van der Waals surface area contributed by atoms with Crippen molar-refractivity contribution in [3.8, 4) is 11.5 Å². The van der Waals surface area contributed by atoms with E-state index in [-0.39, 0.29) is 23.9 Å². The lowest BCUT2D eigenvalue weighted by atomic mass is 9.79. The van der Waals surface area contributed by atoms with Crippen LogP contribution >= 0.6 is 15.9 Å². The number of hydrogen-bond donors (Lipinski definition) is 2. The van der Waals surface area contributed by atoms with Crippen LogP contribution in [0.2, 0.25) is 0 Å². The first-order valence-electron chi connectivity index (χ1n) is 10.1. The summed E-state index contributed by atoms with van der Waals surface area (Å²) < 4.78 is 11.3. The maximum absolute atomic E-state index is 13.4. The van der Waals surface area contributed by atoms with Crippen LogP contribution in [-0.2, 0) is 9.53 Å². The number of hydrogen-bond acceptors (Lipinski definition) is 6. The molecule has 0 saturated heterocycles. The highest BCUT2D eigenvalue weighted by atomic mass is 79.9. The number of halogens is 1. The van der Waals surface area contributed by atoms with Gasteiger partial charge in [0.1, 0.15) is 0 Å². The summed E-state index contributed by atoms with van der Waals surface area (Å²) in [4.78, 5) is 26.4. The van der Waals surface area contributed by atoms with Crippen molar-refractivity contribution >= 4 is 33.4 Å². The molecule has 2 N–H and O–H groups in total. The first kappa shape index (κ1) is 21.2. The van der Waals surface area contributed by atoms with Gasteiger partial charge in [-0.25, -0.2) is 4.79 Å². The number of dihydropyridines is 1. The molecule has 6 nitrogen and oxygen atoms in total. The smallest absolute Gasteiger partial charge is 0.336 e. The Bertz CT molecular complexity index is 1160. The SMILES string of the molecule is CCOC(=O)C1=C(C)NC2=C(C(=O)c3ccccc32)[C@H]1c1cc(Br)c(O)c(OCC)c1. The number of benzene rings is 2. The Labute approximate surface area is 188 Å². The maximum atomic E-state index is 13.4. The molecule has 1 aliphatic carbocycles. The average Bonchev–Trinajstić information content (AvgIpc) is 3.02. The summed E-state index contributed by atoms with van der Waals surface area (Å²) in [7, 11) is 0. The summed E-state index contributed by atoms with van der Waals surface area (Å²) in [6.45, 7) is 5.92. The Kier molecular flexibility index (Phi) is 5.62. The molecule has 4 rings (SSSR count). The topological polar surface area (TPSA) is 84.9 Å². The molecule has 0 spiro atoms. The predicted molar refractivity (Wildman–Crippen MR) is 120 cm³/mol. The number of phenols is 1. The van der Waals surface area contributed by atoms with E-state index in [0.29, 0.717) is 44.7 Å². The summed E-state index contributed by atoms with van der Waals surface area (Å²) >= 11 is 3.37. The Morgan fingerprint density at radius 1 is 1.16 bits per heavy atom. The third kappa shape index (κ3) is 3.43. The van der Waals surface area contributed by atoms with Crippen molar-refractivity contribution in [3.63, 3.8) is 0 Å². The van der Waals surface area contributed by atoms with E-state index < -0.39 is 11.9 Å². The van der Waals surface area contributed by atoms with E-state index in [2.05, 4.69) is 21.2 Å². The Hall–Kier alpha value is -3.06. The zero-order valence-electron chi connectivity index (χ0n) is 17.4. The van der Waals surface area contributed by atoms with Crippen LogP contribution in [0, 0.1) is 0 Å². The van der Waals surface area contributed by atoms with Gasteiger partial charge in [-0.1, -0.05) is 24.3 Å². The second-order valence-electron chi connectivity index (χ2n) is 7.26. The zero-order valence-corrected chi connectivity index (χ0v) is 19.0. The molecule has 2 aromatic rings. The van der Waals surface area contributed by atoms with E-state index in [0.717, 1.165) is 5.56 Å². The van der Waals surface area contributed by atoms with E-state index in [1.165, 1.54) is 0 Å². The third-order valence-electron chi connectivity index (χ3n) is 5.43. The zero-order chi connectivity index (χ0) is 22.3. The second kappa shape index (κ2) is 8.23. The molecular weight excluding hydrogens is 462 g/mol. The van der Waals surface area contributed by atoms with E-state index in [4.69, 9.17) is 9.47 Å². The van der Waals surface area contributed by atoms with Crippen LogP contribution in [0.5, 0.6) is 11.5 Å². The fraction of sp³-hybridized carbons (Fsp3) is 0.250. The van der Waals surface area contributed by atoms with Crippen LogP contribution in [0.25, 0.3) is 5.70 Å². The summed E-state index contributed by atoms with van der Waals surface area (Å²) in [6.07, 6.45) is 0. The van der Waals surface area contributed by atoms with Gasteiger partial charge >= 0.3 is 5.97 Å². The Morgan fingerprint density at radius 3 is 2.55 bits per heavy atom. The van der Waals surface area contributed by atoms with Crippen LogP contribution in [0.4, 0.5) is 0 Å². The fourth-order valence-electron chi connectivity index (χ4n) is 4.17. The average molecular weight is 484 g/mol. The lowest BCUT2D eigenvalue weighted by Gasteiger charge is -2.29. The number of aromatic hydroxyl groups is 1. The van der Waals surface area contributed by atoms with Crippen molar-refractivity contribution in [1.82, 2.24) is 5.32 Å². The molecule has 1 atom stereocenters. The van der Waals surface area contributed by atoms with Crippen LogP contribution in [0.3, 0.4) is 0 Å². The van der Waals surface area contributed by atoms with Crippen LogP contribution in [0.15, 0.2) is 57.7 Å². The van der Waals surface area contributed by atoms with Gasteiger partial charge in [-0.15, -0.1) is 0 Å². The van der Waals surface area contributed by atoms with Gasteiger partial charge in [0.2, 0.25) is 0 Å². The van der Waals surface area contributed by atoms with Gasteiger partial charge < -0.3 is 19.9 Å². The molecule has 0 bridgehead atoms. The molecule has 2 aromatic carbocycles. The van der Waals surface area contributed by atoms with Gasteiger partial charge in [-0.3, -0.25) is 4.79 Å². The molecule has 0 radical (unpaired) electrons. The van der Waals surface area contributed by atoms with E-state index in [9.17, 15) is 14.7 Å². The van der Waals surface area contributed by atoms with Crippen molar-refractivity contribution < 1.29 is 24.2 Å². The van der Waals surface area contributed by atoms with Crippen molar-refractivity contribution in [2.75, 3.05) is 13.2 Å². The molecule has 31 heavy (non-hydrogen) atoms. The number of ketones is 1. The number of allylic oxidation sites excluding steroid dienone is 2. The fourth-order valence-corrected chi connectivity index (χ4v) is 4.63. The van der Waals surface area contributed by atoms with Gasteiger partial charge in [0, 0.05) is 28.3 Å². The Morgan fingerprint density at radius 2 is 1.87 bits per heavy atom.